The average Bonchev–Trinajstić information content (AvgIpc) is 3.30. The number of hydrogen-bond donors (Lipinski definition) is 1. The second-order valence-electron chi connectivity index (χ2n) is 7.59. The molecule has 0 fully saturated rings. The molecule has 5 heteroatoms. The quantitative estimate of drug-likeness (QED) is 0.199. The van der Waals surface area contributed by atoms with Crippen molar-refractivity contribution < 1.29 is 13.9 Å². The van der Waals surface area contributed by atoms with E-state index in [0.717, 1.165) is 50.7 Å². The molecule has 1 aromatic heterocycles. The van der Waals surface area contributed by atoms with Gasteiger partial charge in [0, 0.05) is 11.5 Å². The smallest absolute Gasteiger partial charge is 0.330 e. The van der Waals surface area contributed by atoms with Crippen LogP contribution in [0.3, 0.4) is 0 Å². The molecule has 3 aromatic carbocycles. The van der Waals surface area contributed by atoms with Crippen LogP contribution in [0.2, 0.25) is 0 Å². The van der Waals surface area contributed by atoms with Gasteiger partial charge in [0.05, 0.1) is 18.3 Å². The normalized spacial score (nSPS) is 12.2. The molecule has 4 rings (SSSR count). The minimum Gasteiger partial charge on any atom is -0.463 e. The van der Waals surface area contributed by atoms with Crippen LogP contribution in [0.25, 0.3) is 28.1 Å². The van der Waals surface area contributed by atoms with Crippen molar-refractivity contribution in [2.24, 2.45) is 0 Å². The van der Waals surface area contributed by atoms with Gasteiger partial charge in [-0.2, -0.15) is 5.10 Å². The first-order chi connectivity index (χ1) is 16.1. The lowest BCUT2D eigenvalue weighted by molar-refractivity contribution is -0.137. The molecule has 0 unspecified atom stereocenters. The van der Waals surface area contributed by atoms with Crippen molar-refractivity contribution in [3.63, 3.8) is 0 Å². The molecule has 0 radical (unpaired) electrons. The van der Waals surface area contributed by atoms with E-state index in [2.05, 4.69) is 29.3 Å². The molecular formula is C28H25FN2O2. The van der Waals surface area contributed by atoms with Crippen LogP contribution < -0.4 is 0 Å². The number of allylic oxidation sites excluding steroid dienone is 1. The van der Waals surface area contributed by atoms with Crippen molar-refractivity contribution in [1.82, 2.24) is 10.2 Å². The molecule has 4 nitrogen and oxygen atoms in total. The van der Waals surface area contributed by atoms with Gasteiger partial charge in [0.15, 0.2) is 0 Å². The summed E-state index contributed by atoms with van der Waals surface area (Å²) in [6, 6.07) is 20.9. The number of ether oxygens (including phenoxy) is 1. The van der Waals surface area contributed by atoms with Gasteiger partial charge < -0.3 is 4.74 Å². The van der Waals surface area contributed by atoms with Crippen molar-refractivity contribution >= 4 is 34.1 Å². The topological polar surface area (TPSA) is 55.0 Å². The SMILES string of the molecule is CCOC(=O)/C=C/c1ccc(C(=C(CC)c2ccc(F)cc2)c2ccc3[nH]ncc3c2)cc1. The molecule has 0 aliphatic carbocycles. The van der Waals surface area contributed by atoms with Crippen molar-refractivity contribution in [3.8, 4) is 0 Å². The Morgan fingerprint density at radius 1 is 0.970 bits per heavy atom. The van der Waals surface area contributed by atoms with E-state index in [1.165, 1.54) is 18.2 Å². The zero-order valence-corrected chi connectivity index (χ0v) is 18.6. The maximum atomic E-state index is 13.6. The van der Waals surface area contributed by atoms with Gasteiger partial charge in [-0.25, -0.2) is 9.18 Å². The summed E-state index contributed by atoms with van der Waals surface area (Å²) in [5, 5.41) is 8.15. The van der Waals surface area contributed by atoms with Crippen molar-refractivity contribution in [2.75, 3.05) is 6.61 Å². The third-order valence-electron chi connectivity index (χ3n) is 5.47. The summed E-state index contributed by atoms with van der Waals surface area (Å²) in [6.45, 7) is 4.23. The number of benzene rings is 3. The fraction of sp³-hybridized carbons (Fsp3) is 0.143. The Morgan fingerprint density at radius 2 is 1.67 bits per heavy atom. The molecule has 0 amide bonds. The Bertz CT molecular complexity index is 1320. The second-order valence-corrected chi connectivity index (χ2v) is 7.59. The number of carbonyl (C=O) groups excluding carboxylic acids is 1. The molecule has 0 aliphatic heterocycles. The third kappa shape index (κ3) is 5.09. The lowest BCUT2D eigenvalue weighted by atomic mass is 9.87. The first kappa shape index (κ1) is 22.2. The van der Waals surface area contributed by atoms with Crippen LogP contribution in [0.15, 0.2) is 79.0 Å². The van der Waals surface area contributed by atoms with Gasteiger partial charge in [0.2, 0.25) is 0 Å². The number of carbonyl (C=O) groups is 1. The van der Waals surface area contributed by atoms with Crippen molar-refractivity contribution in [2.45, 2.75) is 20.3 Å². The van der Waals surface area contributed by atoms with Crippen molar-refractivity contribution in [3.05, 3.63) is 107 Å². The number of esters is 1. The molecule has 1 heterocycles. The predicted octanol–water partition coefficient (Wildman–Crippen LogP) is 6.65. The second kappa shape index (κ2) is 10.1. The summed E-state index contributed by atoms with van der Waals surface area (Å²) < 4.78 is 18.5. The van der Waals surface area contributed by atoms with Crippen LogP contribution in [0, 0.1) is 5.82 Å². The number of H-pyrrole nitrogens is 1. The maximum Gasteiger partial charge on any atom is 0.330 e. The van der Waals surface area contributed by atoms with Gasteiger partial charge >= 0.3 is 5.97 Å². The van der Waals surface area contributed by atoms with E-state index in [4.69, 9.17) is 4.74 Å². The molecule has 33 heavy (non-hydrogen) atoms. The van der Waals surface area contributed by atoms with Crippen LogP contribution in [0.5, 0.6) is 0 Å². The zero-order chi connectivity index (χ0) is 23.2. The largest absolute Gasteiger partial charge is 0.463 e. The maximum absolute atomic E-state index is 13.6. The first-order valence-electron chi connectivity index (χ1n) is 11.0. The molecule has 0 atom stereocenters. The highest BCUT2D eigenvalue weighted by Crippen LogP contribution is 2.35. The van der Waals surface area contributed by atoms with Crippen LogP contribution in [0.4, 0.5) is 4.39 Å². The highest BCUT2D eigenvalue weighted by atomic mass is 19.1. The molecule has 166 valence electrons. The predicted molar refractivity (Wildman–Crippen MR) is 131 cm³/mol. The lowest BCUT2D eigenvalue weighted by Crippen LogP contribution is -1.98. The van der Waals surface area contributed by atoms with Gasteiger partial charge in [0.1, 0.15) is 5.82 Å². The minimum atomic E-state index is -0.361. The molecule has 4 aromatic rings. The number of hydrogen-bond acceptors (Lipinski definition) is 3. The van der Waals surface area contributed by atoms with Crippen molar-refractivity contribution in [1.29, 1.82) is 0 Å². The van der Waals surface area contributed by atoms with Crippen LogP contribution in [0.1, 0.15) is 42.5 Å². The molecule has 0 saturated heterocycles. The van der Waals surface area contributed by atoms with E-state index >= 15 is 0 Å². The minimum absolute atomic E-state index is 0.256. The lowest BCUT2D eigenvalue weighted by Gasteiger charge is -2.17. The standard InChI is InChI=1S/C28H25FN2O2/c1-3-25(20-10-13-24(29)14-11-20)28(22-12-15-26-23(17-22)18-30-31-26)21-8-5-19(6-9-21)7-16-27(32)33-4-2/h5-18H,3-4H2,1-2H3,(H,30,31)/b16-7+,28-25?. The molecule has 1 N–H and O–H groups in total. The zero-order valence-electron chi connectivity index (χ0n) is 18.6. The number of aromatic amines is 1. The van der Waals surface area contributed by atoms with E-state index in [1.54, 1.807) is 13.0 Å². The van der Waals surface area contributed by atoms with Gasteiger partial charge in [-0.1, -0.05) is 49.4 Å². The number of aromatic nitrogens is 2. The number of nitrogens with one attached hydrogen (secondary N) is 1. The molecule has 0 aliphatic rings. The van der Waals surface area contributed by atoms with E-state index in [-0.39, 0.29) is 11.8 Å². The van der Waals surface area contributed by atoms with E-state index in [1.807, 2.05) is 48.7 Å². The van der Waals surface area contributed by atoms with Gasteiger partial charge in [-0.3, -0.25) is 5.10 Å². The Balaban J connectivity index is 1.82. The Labute approximate surface area is 192 Å². The summed E-state index contributed by atoms with van der Waals surface area (Å²) in [4.78, 5) is 11.6. The molecule has 0 saturated carbocycles. The first-order valence-corrected chi connectivity index (χ1v) is 11.0. The number of halogens is 1. The van der Waals surface area contributed by atoms with E-state index in [0.29, 0.717) is 6.61 Å². The van der Waals surface area contributed by atoms with Crippen LogP contribution in [-0.4, -0.2) is 22.8 Å². The molecule has 0 bridgehead atoms. The Morgan fingerprint density at radius 3 is 2.36 bits per heavy atom. The highest BCUT2D eigenvalue weighted by molar-refractivity contribution is 6.00. The Kier molecular flexibility index (Phi) is 6.79. The summed E-state index contributed by atoms with van der Waals surface area (Å²) >= 11 is 0. The van der Waals surface area contributed by atoms with Gasteiger partial charge in [-0.15, -0.1) is 0 Å². The molecule has 0 spiro atoms. The van der Waals surface area contributed by atoms with E-state index < -0.39 is 0 Å². The average molecular weight is 441 g/mol. The number of fused-ring (bicyclic) bond motifs is 1. The molecular weight excluding hydrogens is 415 g/mol. The third-order valence-corrected chi connectivity index (χ3v) is 5.47. The highest BCUT2D eigenvalue weighted by Gasteiger charge is 2.14. The van der Waals surface area contributed by atoms with E-state index in [9.17, 15) is 9.18 Å². The van der Waals surface area contributed by atoms with Crippen LogP contribution in [-0.2, 0) is 9.53 Å². The fourth-order valence-corrected chi connectivity index (χ4v) is 3.91. The summed E-state index contributed by atoms with van der Waals surface area (Å²) in [5.41, 5.74) is 7.13. The monoisotopic (exact) mass is 440 g/mol. The van der Waals surface area contributed by atoms with Crippen LogP contribution >= 0.6 is 0 Å². The summed E-state index contributed by atoms with van der Waals surface area (Å²) in [5.74, 6) is -0.617. The summed E-state index contributed by atoms with van der Waals surface area (Å²) in [7, 11) is 0. The van der Waals surface area contributed by atoms with Gasteiger partial charge in [0.25, 0.3) is 0 Å². The Hall–Kier alpha value is -3.99. The summed E-state index contributed by atoms with van der Waals surface area (Å²) in [6.07, 6.45) is 5.75. The fourth-order valence-electron chi connectivity index (χ4n) is 3.91. The number of nitrogens with zero attached hydrogens (tertiary/aromatic N) is 1. The number of rotatable bonds is 7. The van der Waals surface area contributed by atoms with Gasteiger partial charge in [-0.05, 0) is 77.1 Å².